The Hall–Kier alpha value is -0.167. The van der Waals surface area contributed by atoms with Crippen LogP contribution in [-0.4, -0.2) is 10.9 Å². The third-order valence-electron chi connectivity index (χ3n) is 4.41. The summed E-state index contributed by atoms with van der Waals surface area (Å²) >= 11 is 0. The summed E-state index contributed by atoms with van der Waals surface area (Å²) in [5.41, 5.74) is 0. The maximum atomic E-state index is 10.0. The molecule has 2 rings (SSSR count). The van der Waals surface area contributed by atoms with E-state index in [1.165, 1.54) is 123 Å². The molecule has 1 N–H and O–H groups in total. The standard InChI is InChI=1S/2C8H16.C5H8O2.Rh/c2*1-2-4-6-8-7-5-3-1;1-4(6)3-5(2)7;/h2*1-8H2;3,6H,1-2H3;/b;;4-3-;. The van der Waals surface area contributed by atoms with E-state index in [-0.39, 0.29) is 31.0 Å². The van der Waals surface area contributed by atoms with Crippen LogP contribution < -0.4 is 0 Å². The normalized spacial score (nSPS) is 19.3. The smallest absolute Gasteiger partial charge is 0.155 e. The van der Waals surface area contributed by atoms with Crippen molar-refractivity contribution in [2.75, 3.05) is 0 Å². The first-order chi connectivity index (χ1) is 11.1. The number of aliphatic hydroxyl groups excluding tert-OH is 1. The third kappa shape index (κ3) is 24.1. The average Bonchev–Trinajstić information content (AvgIpc) is 2.36. The fourth-order valence-corrected chi connectivity index (χ4v) is 3.12. The molecule has 0 aromatic rings. The molecule has 0 saturated heterocycles. The van der Waals surface area contributed by atoms with Crippen molar-refractivity contribution in [3.8, 4) is 0 Å². The molecule has 0 bridgehead atoms. The molecule has 2 aliphatic rings. The van der Waals surface area contributed by atoms with Crippen LogP contribution in [0.2, 0.25) is 0 Å². The van der Waals surface area contributed by atoms with Crippen LogP contribution in [0.15, 0.2) is 11.8 Å². The van der Waals surface area contributed by atoms with E-state index >= 15 is 0 Å². The zero-order valence-corrected chi connectivity index (χ0v) is 17.7. The van der Waals surface area contributed by atoms with Crippen molar-refractivity contribution in [1.82, 2.24) is 0 Å². The van der Waals surface area contributed by atoms with E-state index in [0.29, 0.717) is 0 Å². The Morgan fingerprint density at radius 3 is 0.792 bits per heavy atom. The van der Waals surface area contributed by atoms with E-state index in [0.717, 1.165) is 0 Å². The van der Waals surface area contributed by atoms with Crippen LogP contribution in [0.5, 0.6) is 0 Å². The summed E-state index contributed by atoms with van der Waals surface area (Å²) in [5.74, 6) is -0.0625. The number of hydrogen-bond acceptors (Lipinski definition) is 2. The molecule has 3 heteroatoms. The van der Waals surface area contributed by atoms with E-state index in [2.05, 4.69) is 0 Å². The third-order valence-corrected chi connectivity index (χ3v) is 4.41. The predicted octanol–water partition coefficient (Wildman–Crippen LogP) is 7.28. The van der Waals surface area contributed by atoms with Crippen LogP contribution in [0.4, 0.5) is 0 Å². The van der Waals surface area contributed by atoms with Gasteiger partial charge in [-0.15, -0.1) is 0 Å². The molecule has 0 aliphatic heterocycles. The minimum atomic E-state index is -0.125. The van der Waals surface area contributed by atoms with Gasteiger partial charge in [0.15, 0.2) is 5.78 Å². The van der Waals surface area contributed by atoms with Crippen molar-refractivity contribution in [3.05, 3.63) is 11.8 Å². The zero-order chi connectivity index (χ0) is 17.2. The Labute approximate surface area is 163 Å². The number of carbonyl (C=O) groups is 1. The maximum absolute atomic E-state index is 10.0. The summed E-state index contributed by atoms with van der Waals surface area (Å²) in [6.07, 6.45) is 25.2. The SMILES string of the molecule is C1CCCCCCC1.C1CCCCCCC1.CC(=O)/C=C(/C)O.[Rh]. The van der Waals surface area contributed by atoms with Gasteiger partial charge in [0.05, 0.1) is 5.76 Å². The van der Waals surface area contributed by atoms with Gasteiger partial charge in [0.2, 0.25) is 0 Å². The van der Waals surface area contributed by atoms with Gasteiger partial charge in [-0.1, -0.05) is 103 Å². The largest absolute Gasteiger partial charge is 0.512 e. The van der Waals surface area contributed by atoms with Gasteiger partial charge in [-0.25, -0.2) is 0 Å². The van der Waals surface area contributed by atoms with Gasteiger partial charge in [-0.05, 0) is 13.8 Å². The molecule has 2 saturated carbocycles. The van der Waals surface area contributed by atoms with Crippen molar-refractivity contribution in [2.45, 2.75) is 117 Å². The van der Waals surface area contributed by atoms with Gasteiger partial charge in [0, 0.05) is 25.6 Å². The molecule has 145 valence electrons. The molecule has 2 fully saturated rings. The van der Waals surface area contributed by atoms with Gasteiger partial charge in [-0.2, -0.15) is 0 Å². The molecule has 0 heterocycles. The van der Waals surface area contributed by atoms with Crippen LogP contribution in [0.1, 0.15) is 117 Å². The van der Waals surface area contributed by atoms with Gasteiger partial charge in [0.1, 0.15) is 0 Å². The van der Waals surface area contributed by atoms with Crippen LogP contribution in [0.25, 0.3) is 0 Å². The maximum Gasteiger partial charge on any atom is 0.155 e. The summed E-state index contributed by atoms with van der Waals surface area (Å²) in [5, 5.41) is 8.36. The van der Waals surface area contributed by atoms with E-state index in [4.69, 9.17) is 5.11 Å². The predicted molar refractivity (Wildman–Crippen MR) is 101 cm³/mol. The summed E-state index contributed by atoms with van der Waals surface area (Å²) in [6, 6.07) is 0. The van der Waals surface area contributed by atoms with Crippen molar-refractivity contribution >= 4 is 5.78 Å². The van der Waals surface area contributed by atoms with Crippen molar-refractivity contribution < 1.29 is 29.4 Å². The first-order valence-corrected chi connectivity index (χ1v) is 10.0. The zero-order valence-electron chi connectivity index (χ0n) is 16.1. The van der Waals surface area contributed by atoms with E-state index in [1.807, 2.05) is 0 Å². The topological polar surface area (TPSA) is 37.3 Å². The fourth-order valence-electron chi connectivity index (χ4n) is 3.12. The molecule has 1 radical (unpaired) electrons. The molecule has 2 nitrogen and oxygen atoms in total. The summed E-state index contributed by atoms with van der Waals surface area (Å²) in [4.78, 5) is 10.0. The van der Waals surface area contributed by atoms with Crippen molar-refractivity contribution in [1.29, 1.82) is 0 Å². The first kappa shape index (κ1) is 26.1. The van der Waals surface area contributed by atoms with Crippen LogP contribution >= 0.6 is 0 Å². The second-order valence-corrected chi connectivity index (χ2v) is 7.05. The molecule has 2 aliphatic carbocycles. The molecule has 0 unspecified atom stereocenters. The molecule has 24 heavy (non-hydrogen) atoms. The monoisotopic (exact) mass is 427 g/mol. The quantitative estimate of drug-likeness (QED) is 0.271. The molecule has 0 aromatic heterocycles. The second kappa shape index (κ2) is 20.9. The molecular weight excluding hydrogens is 387 g/mol. The molecule has 0 amide bonds. The Balaban J connectivity index is 0. The number of carbonyl (C=O) groups excluding carboxylic acids is 1. The molecule has 0 aromatic carbocycles. The number of allylic oxidation sites excluding steroid dienone is 2. The van der Waals surface area contributed by atoms with E-state index in [1.54, 1.807) is 0 Å². The second-order valence-electron chi connectivity index (χ2n) is 7.05. The minimum Gasteiger partial charge on any atom is -0.512 e. The van der Waals surface area contributed by atoms with Crippen LogP contribution in [-0.2, 0) is 24.3 Å². The van der Waals surface area contributed by atoms with Gasteiger partial charge in [0.25, 0.3) is 0 Å². The van der Waals surface area contributed by atoms with Crippen LogP contribution in [0, 0.1) is 0 Å². The number of aliphatic hydroxyl groups is 1. The Bertz CT molecular complexity index is 232. The summed E-state index contributed by atoms with van der Waals surface area (Å²) < 4.78 is 0. The van der Waals surface area contributed by atoms with Gasteiger partial charge >= 0.3 is 0 Å². The molecule has 0 atom stereocenters. The minimum absolute atomic E-state index is 0. The number of ketones is 1. The molecule has 0 spiro atoms. The van der Waals surface area contributed by atoms with E-state index < -0.39 is 0 Å². The van der Waals surface area contributed by atoms with Gasteiger partial charge < -0.3 is 5.11 Å². The summed E-state index contributed by atoms with van der Waals surface area (Å²) in [7, 11) is 0. The number of hydrogen-bond donors (Lipinski definition) is 1. The van der Waals surface area contributed by atoms with Crippen molar-refractivity contribution in [3.63, 3.8) is 0 Å². The van der Waals surface area contributed by atoms with Crippen molar-refractivity contribution in [2.24, 2.45) is 0 Å². The Kier molecular flexibility index (Phi) is 22.7. The summed E-state index contributed by atoms with van der Waals surface area (Å²) in [6.45, 7) is 2.85. The van der Waals surface area contributed by atoms with E-state index in [9.17, 15) is 4.79 Å². The average molecular weight is 427 g/mol. The number of rotatable bonds is 1. The molecular formula is C21H40O2Rh. The van der Waals surface area contributed by atoms with Gasteiger partial charge in [-0.3, -0.25) is 4.79 Å². The Morgan fingerprint density at radius 1 is 0.583 bits per heavy atom. The Morgan fingerprint density at radius 2 is 0.750 bits per heavy atom. The first-order valence-electron chi connectivity index (χ1n) is 10.0. The fraction of sp³-hybridized carbons (Fsp3) is 0.857. The van der Waals surface area contributed by atoms with Crippen LogP contribution in [0.3, 0.4) is 0 Å².